The van der Waals surface area contributed by atoms with Gasteiger partial charge in [0.1, 0.15) is 5.58 Å². The summed E-state index contributed by atoms with van der Waals surface area (Å²) in [7, 11) is -3.62. The lowest BCUT2D eigenvalue weighted by atomic mass is 10.2. The fourth-order valence-corrected chi connectivity index (χ4v) is 4.65. The Labute approximate surface area is 184 Å². The van der Waals surface area contributed by atoms with Gasteiger partial charge in [-0.15, -0.1) is 0 Å². The minimum atomic E-state index is -3.62. The Morgan fingerprint density at radius 2 is 1.75 bits per heavy atom. The second-order valence-corrected chi connectivity index (χ2v) is 9.16. The van der Waals surface area contributed by atoms with Crippen LogP contribution in [0.5, 0.6) is 0 Å². The number of carbonyl (C=O) groups excluding carboxylic acids is 2. The average molecular weight is 458 g/mol. The third-order valence-electron chi connectivity index (χ3n) is 5.01. The molecule has 168 valence electrons. The normalized spacial score (nSPS) is 15.9. The minimum Gasteiger partial charge on any atom is -0.449 e. The summed E-state index contributed by atoms with van der Waals surface area (Å²) in [6.07, 6.45) is -1.09. The molecule has 32 heavy (non-hydrogen) atoms. The van der Waals surface area contributed by atoms with Gasteiger partial charge in [-0.1, -0.05) is 18.2 Å². The second-order valence-electron chi connectivity index (χ2n) is 7.23. The van der Waals surface area contributed by atoms with Crippen molar-refractivity contribution in [2.45, 2.75) is 17.9 Å². The zero-order valence-electron chi connectivity index (χ0n) is 17.3. The molecule has 0 spiro atoms. The first-order chi connectivity index (χ1) is 15.3. The van der Waals surface area contributed by atoms with Crippen molar-refractivity contribution in [1.82, 2.24) is 4.31 Å². The topological polar surface area (TPSA) is 115 Å². The molecule has 9 nitrogen and oxygen atoms in total. The number of anilines is 1. The van der Waals surface area contributed by atoms with E-state index >= 15 is 0 Å². The molecule has 1 saturated heterocycles. The lowest BCUT2D eigenvalue weighted by Gasteiger charge is -2.26. The van der Waals surface area contributed by atoms with Crippen LogP contribution in [-0.4, -0.2) is 57.0 Å². The summed E-state index contributed by atoms with van der Waals surface area (Å²) in [4.78, 5) is 24.9. The molecule has 2 heterocycles. The van der Waals surface area contributed by atoms with Crippen molar-refractivity contribution in [2.24, 2.45) is 0 Å². The number of esters is 1. The lowest BCUT2D eigenvalue weighted by molar-refractivity contribution is -0.123. The highest BCUT2D eigenvalue weighted by Crippen LogP contribution is 2.21. The van der Waals surface area contributed by atoms with Crippen molar-refractivity contribution in [3.63, 3.8) is 0 Å². The van der Waals surface area contributed by atoms with Crippen LogP contribution in [0.15, 0.2) is 63.9 Å². The molecule has 0 aliphatic carbocycles. The highest BCUT2D eigenvalue weighted by molar-refractivity contribution is 7.89. The maximum absolute atomic E-state index is 12.7. The van der Waals surface area contributed by atoms with Gasteiger partial charge in [-0.05, 0) is 43.3 Å². The Morgan fingerprint density at radius 3 is 2.44 bits per heavy atom. The molecule has 1 amide bonds. The number of carbonyl (C=O) groups is 2. The number of nitrogens with one attached hydrogen (secondary N) is 1. The van der Waals surface area contributed by atoms with Crippen LogP contribution in [0.1, 0.15) is 17.5 Å². The van der Waals surface area contributed by atoms with Crippen LogP contribution in [0, 0.1) is 0 Å². The highest BCUT2D eigenvalue weighted by atomic mass is 32.2. The van der Waals surface area contributed by atoms with E-state index in [2.05, 4.69) is 5.32 Å². The molecule has 0 bridgehead atoms. The third-order valence-corrected chi connectivity index (χ3v) is 6.92. The molecule has 2 aromatic carbocycles. The Kier molecular flexibility index (Phi) is 6.26. The molecule has 1 fully saturated rings. The molecule has 3 aromatic rings. The van der Waals surface area contributed by atoms with Gasteiger partial charge in [0.25, 0.3) is 5.91 Å². The van der Waals surface area contributed by atoms with Gasteiger partial charge in [0, 0.05) is 24.2 Å². The number of nitrogens with zero attached hydrogens (tertiary/aromatic N) is 1. The molecule has 1 aromatic heterocycles. The molecule has 1 aliphatic rings. The van der Waals surface area contributed by atoms with E-state index in [9.17, 15) is 18.0 Å². The third kappa shape index (κ3) is 4.67. The van der Waals surface area contributed by atoms with Crippen LogP contribution in [0.25, 0.3) is 11.0 Å². The number of ether oxygens (including phenoxy) is 2. The van der Waals surface area contributed by atoms with Gasteiger partial charge >= 0.3 is 5.97 Å². The van der Waals surface area contributed by atoms with Crippen molar-refractivity contribution in [3.8, 4) is 0 Å². The van der Waals surface area contributed by atoms with E-state index in [0.29, 0.717) is 37.6 Å². The van der Waals surface area contributed by atoms with Crippen molar-refractivity contribution in [3.05, 3.63) is 60.4 Å². The number of hydrogen-bond donors (Lipinski definition) is 1. The predicted molar refractivity (Wildman–Crippen MR) is 116 cm³/mol. The Balaban J connectivity index is 1.37. The molecule has 1 unspecified atom stereocenters. The van der Waals surface area contributed by atoms with Gasteiger partial charge in [0.15, 0.2) is 6.10 Å². The Morgan fingerprint density at radius 1 is 1.06 bits per heavy atom. The molecule has 0 radical (unpaired) electrons. The van der Waals surface area contributed by atoms with Crippen LogP contribution in [-0.2, 0) is 24.3 Å². The van der Waals surface area contributed by atoms with Crippen LogP contribution in [0.4, 0.5) is 5.69 Å². The Bertz CT molecular complexity index is 1200. The van der Waals surface area contributed by atoms with E-state index < -0.39 is 28.0 Å². The van der Waals surface area contributed by atoms with Gasteiger partial charge in [-0.3, -0.25) is 4.79 Å². The van der Waals surface area contributed by atoms with E-state index in [1.165, 1.54) is 35.5 Å². The van der Waals surface area contributed by atoms with E-state index in [-0.39, 0.29) is 10.7 Å². The predicted octanol–water partition coefficient (Wildman–Crippen LogP) is 2.64. The van der Waals surface area contributed by atoms with E-state index in [1.807, 2.05) is 6.07 Å². The van der Waals surface area contributed by atoms with Gasteiger partial charge < -0.3 is 19.2 Å². The van der Waals surface area contributed by atoms with Crippen molar-refractivity contribution in [1.29, 1.82) is 0 Å². The zero-order chi connectivity index (χ0) is 22.7. The molecular formula is C22H22N2O7S. The molecular weight excluding hydrogens is 436 g/mol. The minimum absolute atomic E-state index is 0.00326. The number of hydrogen-bond acceptors (Lipinski definition) is 7. The summed E-state index contributed by atoms with van der Waals surface area (Å²) in [6, 6.07) is 14.5. The molecule has 1 atom stereocenters. The quantitative estimate of drug-likeness (QED) is 0.565. The van der Waals surface area contributed by atoms with E-state index in [4.69, 9.17) is 13.9 Å². The van der Waals surface area contributed by atoms with E-state index in [1.54, 1.807) is 24.3 Å². The maximum Gasteiger partial charge on any atom is 0.375 e. The SMILES string of the molecule is CC(OC(=O)c1cc2ccccc2o1)C(=O)Nc1ccc(S(=O)(=O)N2CCOCC2)cc1. The molecule has 10 heteroatoms. The van der Waals surface area contributed by atoms with Gasteiger partial charge in [0.2, 0.25) is 15.8 Å². The van der Waals surface area contributed by atoms with E-state index in [0.717, 1.165) is 5.39 Å². The summed E-state index contributed by atoms with van der Waals surface area (Å²) in [5.41, 5.74) is 0.922. The summed E-state index contributed by atoms with van der Waals surface area (Å²) in [6.45, 7) is 2.76. The van der Waals surface area contributed by atoms with Crippen molar-refractivity contribution >= 4 is 38.6 Å². The zero-order valence-corrected chi connectivity index (χ0v) is 18.1. The second kappa shape index (κ2) is 9.11. The first-order valence-corrected chi connectivity index (χ1v) is 11.5. The Hall–Kier alpha value is -3.21. The number of furan rings is 1. The molecule has 1 N–H and O–H groups in total. The van der Waals surface area contributed by atoms with Crippen LogP contribution < -0.4 is 5.32 Å². The van der Waals surface area contributed by atoms with Crippen LogP contribution in [0.3, 0.4) is 0 Å². The number of sulfonamides is 1. The fraction of sp³-hybridized carbons (Fsp3) is 0.273. The summed E-state index contributed by atoms with van der Waals surface area (Å²) >= 11 is 0. The maximum atomic E-state index is 12.7. The van der Waals surface area contributed by atoms with Gasteiger partial charge in [-0.25, -0.2) is 13.2 Å². The van der Waals surface area contributed by atoms with Crippen LogP contribution >= 0.6 is 0 Å². The monoisotopic (exact) mass is 458 g/mol. The summed E-state index contributed by atoms with van der Waals surface area (Å²) in [5, 5.41) is 3.36. The standard InChI is InChI=1S/C22H22N2O7S/c1-15(30-22(26)20-14-16-4-2-3-5-19(16)31-20)21(25)23-17-6-8-18(9-7-17)32(27,28)24-10-12-29-13-11-24/h2-9,14-15H,10-13H2,1H3,(H,23,25). The average Bonchev–Trinajstić information content (AvgIpc) is 3.24. The van der Waals surface area contributed by atoms with Gasteiger partial charge in [-0.2, -0.15) is 4.31 Å². The first kappa shape index (κ1) is 22.0. The summed E-state index contributed by atoms with van der Waals surface area (Å²) < 4.78 is 42.5. The molecule has 4 rings (SSSR count). The van der Waals surface area contributed by atoms with Crippen LogP contribution in [0.2, 0.25) is 0 Å². The number of rotatable bonds is 6. The molecule has 0 saturated carbocycles. The number of benzene rings is 2. The first-order valence-electron chi connectivity index (χ1n) is 10.0. The van der Waals surface area contributed by atoms with Gasteiger partial charge in [0.05, 0.1) is 18.1 Å². The largest absolute Gasteiger partial charge is 0.449 e. The summed E-state index contributed by atoms with van der Waals surface area (Å²) in [5.74, 6) is -1.31. The number of fused-ring (bicyclic) bond motifs is 1. The van der Waals surface area contributed by atoms with Crippen molar-refractivity contribution in [2.75, 3.05) is 31.6 Å². The lowest BCUT2D eigenvalue weighted by Crippen LogP contribution is -2.40. The fourth-order valence-electron chi connectivity index (χ4n) is 3.24. The number of amides is 1. The highest BCUT2D eigenvalue weighted by Gasteiger charge is 2.26. The molecule has 1 aliphatic heterocycles. The number of para-hydroxylation sites is 1. The number of morpholine rings is 1. The van der Waals surface area contributed by atoms with Crippen molar-refractivity contribution < 1.29 is 31.9 Å². The smallest absolute Gasteiger partial charge is 0.375 e.